The van der Waals surface area contributed by atoms with Crippen LogP contribution >= 0.6 is 22.7 Å². The number of anilines is 1. The Morgan fingerprint density at radius 2 is 2.09 bits per heavy atom. The molecule has 3 N–H and O–H groups in total. The summed E-state index contributed by atoms with van der Waals surface area (Å²) in [4.78, 5) is 20.4. The summed E-state index contributed by atoms with van der Waals surface area (Å²) < 4.78 is 5.32. The highest BCUT2D eigenvalue weighted by atomic mass is 32.1. The first-order chi connectivity index (χ1) is 11.0. The van der Waals surface area contributed by atoms with Gasteiger partial charge >= 0.3 is 0 Å². The zero-order valence-corrected chi connectivity index (χ0v) is 14.9. The highest BCUT2D eigenvalue weighted by molar-refractivity contribution is 7.18. The highest BCUT2D eigenvalue weighted by Gasteiger charge is 2.27. The van der Waals surface area contributed by atoms with Gasteiger partial charge in [-0.05, 0) is 44.7 Å². The van der Waals surface area contributed by atoms with Crippen LogP contribution in [-0.4, -0.2) is 30.1 Å². The Bertz CT molecular complexity index is 689. The van der Waals surface area contributed by atoms with E-state index < -0.39 is 6.04 Å². The van der Waals surface area contributed by atoms with E-state index in [2.05, 4.69) is 29.4 Å². The van der Waals surface area contributed by atoms with Crippen molar-refractivity contribution in [3.8, 4) is 10.6 Å². The van der Waals surface area contributed by atoms with Crippen LogP contribution < -0.4 is 11.1 Å². The van der Waals surface area contributed by atoms with Gasteiger partial charge in [-0.2, -0.15) is 0 Å². The third-order valence-electron chi connectivity index (χ3n) is 4.08. The fourth-order valence-electron chi connectivity index (χ4n) is 2.72. The molecule has 0 aliphatic carbocycles. The summed E-state index contributed by atoms with van der Waals surface area (Å²) in [6.07, 6.45) is 1.68. The minimum atomic E-state index is -0.504. The standard InChI is InChI=1S/C16H21N3O2S2/c1-9-3-4-12(22-9)14-10(2)23-16(18-14)19-15(20)13(17)11-5-7-21-8-6-11/h3-4,11,13H,5-8,17H2,1-2H3,(H,18,19,20). The number of aromatic nitrogens is 1. The summed E-state index contributed by atoms with van der Waals surface area (Å²) in [5.41, 5.74) is 7.06. The van der Waals surface area contributed by atoms with Crippen molar-refractivity contribution in [1.82, 2.24) is 4.98 Å². The molecule has 0 bridgehead atoms. The van der Waals surface area contributed by atoms with E-state index in [0.717, 1.165) is 28.3 Å². The number of nitrogens with two attached hydrogens (primary N) is 1. The molecule has 2 aromatic rings. The van der Waals surface area contributed by atoms with Gasteiger partial charge < -0.3 is 15.8 Å². The van der Waals surface area contributed by atoms with E-state index in [-0.39, 0.29) is 11.8 Å². The maximum Gasteiger partial charge on any atom is 0.243 e. The Morgan fingerprint density at radius 3 is 2.74 bits per heavy atom. The fraction of sp³-hybridized carbons (Fsp3) is 0.500. The second-order valence-electron chi connectivity index (χ2n) is 5.80. The Hall–Kier alpha value is -1.28. The Morgan fingerprint density at radius 1 is 1.35 bits per heavy atom. The Balaban J connectivity index is 1.69. The Labute approximate surface area is 143 Å². The van der Waals surface area contributed by atoms with Crippen molar-refractivity contribution in [3.63, 3.8) is 0 Å². The predicted octanol–water partition coefficient (Wildman–Crippen LogP) is 3.18. The normalized spacial score (nSPS) is 17.2. The number of thiazole rings is 1. The van der Waals surface area contributed by atoms with E-state index in [1.165, 1.54) is 16.2 Å². The Kier molecular flexibility index (Phi) is 5.11. The molecule has 0 saturated carbocycles. The average molecular weight is 351 g/mol. The van der Waals surface area contributed by atoms with Gasteiger partial charge in [0.05, 0.1) is 16.6 Å². The molecule has 1 aliphatic rings. The highest BCUT2D eigenvalue weighted by Crippen LogP contribution is 2.34. The van der Waals surface area contributed by atoms with Gasteiger partial charge in [0.2, 0.25) is 5.91 Å². The first kappa shape index (κ1) is 16.6. The number of hydrogen-bond acceptors (Lipinski definition) is 6. The summed E-state index contributed by atoms with van der Waals surface area (Å²) in [6.45, 7) is 5.47. The molecular formula is C16H21N3O2S2. The lowest BCUT2D eigenvalue weighted by Gasteiger charge is -2.26. The van der Waals surface area contributed by atoms with Crippen molar-refractivity contribution in [1.29, 1.82) is 0 Å². The van der Waals surface area contributed by atoms with Crippen molar-refractivity contribution in [2.45, 2.75) is 32.7 Å². The predicted molar refractivity (Wildman–Crippen MR) is 95.0 cm³/mol. The molecule has 0 radical (unpaired) electrons. The van der Waals surface area contributed by atoms with Gasteiger partial charge in [-0.3, -0.25) is 4.79 Å². The number of amides is 1. The summed E-state index contributed by atoms with van der Waals surface area (Å²) in [5.74, 6) is 0.0313. The van der Waals surface area contributed by atoms with Crippen LogP contribution in [0.4, 0.5) is 5.13 Å². The number of nitrogens with one attached hydrogen (secondary N) is 1. The van der Waals surface area contributed by atoms with Gasteiger partial charge in [-0.15, -0.1) is 22.7 Å². The van der Waals surface area contributed by atoms with Gasteiger partial charge in [0, 0.05) is 23.0 Å². The number of hydrogen-bond donors (Lipinski definition) is 2. The first-order valence-electron chi connectivity index (χ1n) is 7.73. The molecule has 3 rings (SSSR count). The zero-order valence-electron chi connectivity index (χ0n) is 13.3. The first-order valence-corrected chi connectivity index (χ1v) is 9.36. The third kappa shape index (κ3) is 3.80. The largest absolute Gasteiger partial charge is 0.381 e. The number of aryl methyl sites for hydroxylation is 2. The van der Waals surface area contributed by atoms with Crippen LogP contribution in [0.15, 0.2) is 12.1 Å². The molecule has 1 amide bonds. The van der Waals surface area contributed by atoms with E-state index >= 15 is 0 Å². The summed E-state index contributed by atoms with van der Waals surface area (Å²) >= 11 is 3.20. The number of carbonyl (C=O) groups excluding carboxylic acids is 1. The van der Waals surface area contributed by atoms with E-state index in [4.69, 9.17) is 10.5 Å². The molecule has 7 heteroatoms. The van der Waals surface area contributed by atoms with Crippen LogP contribution in [0.3, 0.4) is 0 Å². The molecule has 1 aliphatic heterocycles. The van der Waals surface area contributed by atoms with E-state index in [9.17, 15) is 4.79 Å². The maximum absolute atomic E-state index is 12.4. The van der Waals surface area contributed by atoms with Crippen LogP contribution in [0.5, 0.6) is 0 Å². The third-order valence-corrected chi connectivity index (χ3v) is 5.97. The van der Waals surface area contributed by atoms with Crippen LogP contribution in [-0.2, 0) is 9.53 Å². The molecule has 23 heavy (non-hydrogen) atoms. The number of carbonyl (C=O) groups is 1. The van der Waals surface area contributed by atoms with Gasteiger partial charge in [-0.1, -0.05) is 0 Å². The topological polar surface area (TPSA) is 77.2 Å². The number of ether oxygens (including phenoxy) is 1. The summed E-state index contributed by atoms with van der Waals surface area (Å²) in [5, 5.41) is 3.51. The molecule has 5 nitrogen and oxygen atoms in total. The smallest absolute Gasteiger partial charge is 0.243 e. The second-order valence-corrected chi connectivity index (χ2v) is 8.29. The number of thiophene rings is 1. The molecule has 2 aromatic heterocycles. The fourth-order valence-corrected chi connectivity index (χ4v) is 4.53. The average Bonchev–Trinajstić information content (AvgIpc) is 3.13. The maximum atomic E-state index is 12.4. The van der Waals surface area contributed by atoms with Gasteiger partial charge in [0.25, 0.3) is 0 Å². The molecule has 1 unspecified atom stereocenters. The van der Waals surface area contributed by atoms with Crippen molar-refractivity contribution in [2.24, 2.45) is 11.7 Å². The molecule has 124 valence electrons. The van der Waals surface area contributed by atoms with Crippen LogP contribution in [0.2, 0.25) is 0 Å². The minimum Gasteiger partial charge on any atom is -0.381 e. The molecular weight excluding hydrogens is 330 g/mol. The van der Waals surface area contributed by atoms with Gasteiger partial charge in [0.15, 0.2) is 5.13 Å². The van der Waals surface area contributed by atoms with E-state index in [1.54, 1.807) is 11.3 Å². The van der Waals surface area contributed by atoms with Crippen LogP contribution in [0.1, 0.15) is 22.6 Å². The monoisotopic (exact) mass is 351 g/mol. The molecule has 0 spiro atoms. The van der Waals surface area contributed by atoms with Crippen molar-refractivity contribution in [3.05, 3.63) is 21.9 Å². The zero-order chi connectivity index (χ0) is 16.4. The van der Waals surface area contributed by atoms with Crippen molar-refractivity contribution >= 4 is 33.7 Å². The van der Waals surface area contributed by atoms with E-state index in [1.807, 2.05) is 6.92 Å². The molecule has 3 heterocycles. The SMILES string of the molecule is Cc1ccc(-c2nc(NC(=O)C(N)C3CCOCC3)sc2C)s1. The lowest BCUT2D eigenvalue weighted by atomic mass is 9.92. The molecule has 1 atom stereocenters. The summed E-state index contributed by atoms with van der Waals surface area (Å²) in [7, 11) is 0. The quantitative estimate of drug-likeness (QED) is 0.887. The van der Waals surface area contributed by atoms with Crippen LogP contribution in [0.25, 0.3) is 10.6 Å². The molecule has 1 fully saturated rings. The van der Waals surface area contributed by atoms with E-state index in [0.29, 0.717) is 18.3 Å². The number of nitrogens with zero attached hydrogens (tertiary/aromatic N) is 1. The molecule has 1 saturated heterocycles. The summed E-state index contributed by atoms with van der Waals surface area (Å²) in [6, 6.07) is 3.65. The minimum absolute atomic E-state index is 0.153. The lowest BCUT2D eigenvalue weighted by molar-refractivity contribution is -0.119. The van der Waals surface area contributed by atoms with Gasteiger partial charge in [-0.25, -0.2) is 4.98 Å². The number of rotatable bonds is 4. The van der Waals surface area contributed by atoms with Crippen molar-refractivity contribution in [2.75, 3.05) is 18.5 Å². The van der Waals surface area contributed by atoms with Gasteiger partial charge in [0.1, 0.15) is 0 Å². The molecule has 0 aromatic carbocycles. The van der Waals surface area contributed by atoms with Crippen LogP contribution in [0, 0.1) is 19.8 Å². The second kappa shape index (κ2) is 7.09. The lowest BCUT2D eigenvalue weighted by Crippen LogP contribution is -2.43. The van der Waals surface area contributed by atoms with Crippen molar-refractivity contribution < 1.29 is 9.53 Å².